The number of nitrogens with one attached hydrogen (secondary N) is 2. The lowest BCUT2D eigenvalue weighted by atomic mass is 10.2. The highest BCUT2D eigenvalue weighted by atomic mass is 127. The van der Waals surface area contributed by atoms with Gasteiger partial charge in [0.1, 0.15) is 11.0 Å². The molecule has 0 atom stereocenters. The van der Waals surface area contributed by atoms with Crippen LogP contribution >= 0.6 is 35.6 Å². The minimum atomic E-state index is -0.233. The number of rotatable bonds is 5. The second-order valence-corrected chi connectivity index (χ2v) is 5.11. The van der Waals surface area contributed by atoms with E-state index in [9.17, 15) is 4.39 Å². The quantitative estimate of drug-likeness (QED) is 0.319. The van der Waals surface area contributed by atoms with E-state index in [0.29, 0.717) is 17.7 Å². The number of benzene rings is 1. The molecule has 0 aliphatic rings. The van der Waals surface area contributed by atoms with Gasteiger partial charge in [-0.15, -0.1) is 24.0 Å². The van der Waals surface area contributed by atoms with E-state index >= 15 is 0 Å². The number of aromatic nitrogens is 1. The van der Waals surface area contributed by atoms with Crippen LogP contribution in [-0.4, -0.2) is 24.5 Å². The van der Waals surface area contributed by atoms with Crippen LogP contribution in [0.4, 0.5) is 4.39 Å². The maximum atomic E-state index is 12.8. The molecule has 0 saturated carbocycles. The van der Waals surface area contributed by atoms with Gasteiger partial charge in [-0.3, -0.25) is 4.99 Å². The highest BCUT2D eigenvalue weighted by Gasteiger charge is 2.00. The Hall–Kier alpha value is -1.41. The molecule has 1 heterocycles. The molecule has 0 radical (unpaired) electrons. The molecular formula is C16H19ClFIN4. The van der Waals surface area contributed by atoms with Crippen molar-refractivity contribution in [2.75, 3.05) is 13.6 Å². The van der Waals surface area contributed by atoms with E-state index in [1.54, 1.807) is 31.4 Å². The lowest BCUT2D eigenvalue weighted by Crippen LogP contribution is -2.37. The maximum Gasteiger partial charge on any atom is 0.191 e. The summed E-state index contributed by atoms with van der Waals surface area (Å²) in [6, 6.07) is 10.1. The fourth-order valence-corrected chi connectivity index (χ4v) is 2.00. The molecule has 124 valence electrons. The first-order chi connectivity index (χ1) is 10.7. The lowest BCUT2D eigenvalue weighted by Gasteiger charge is -2.12. The summed E-state index contributed by atoms with van der Waals surface area (Å²) in [5.41, 5.74) is 2.09. The highest BCUT2D eigenvalue weighted by Crippen LogP contribution is 2.05. The second-order valence-electron chi connectivity index (χ2n) is 4.72. The maximum absolute atomic E-state index is 12.8. The Balaban J connectivity index is 0.00000264. The Morgan fingerprint density at radius 2 is 1.83 bits per heavy atom. The summed E-state index contributed by atoms with van der Waals surface area (Å²) < 4.78 is 12.8. The zero-order valence-electron chi connectivity index (χ0n) is 12.7. The molecule has 4 nitrogen and oxygen atoms in total. The molecular weight excluding hydrogens is 430 g/mol. The number of pyridine rings is 1. The van der Waals surface area contributed by atoms with Crippen molar-refractivity contribution in [2.45, 2.75) is 13.0 Å². The number of halogens is 3. The number of aliphatic imine (C=N–C) groups is 1. The lowest BCUT2D eigenvalue weighted by molar-refractivity contribution is 0.626. The molecule has 1 aromatic carbocycles. The third kappa shape index (κ3) is 7.13. The minimum Gasteiger partial charge on any atom is -0.356 e. The first-order valence-electron chi connectivity index (χ1n) is 6.97. The second kappa shape index (κ2) is 10.4. The number of nitrogens with zero attached hydrogens (tertiary/aromatic N) is 2. The molecule has 2 rings (SSSR count). The summed E-state index contributed by atoms with van der Waals surface area (Å²) in [6.45, 7) is 1.31. The van der Waals surface area contributed by atoms with E-state index in [1.807, 2.05) is 6.07 Å². The van der Waals surface area contributed by atoms with Gasteiger partial charge in [-0.2, -0.15) is 0 Å². The summed E-state index contributed by atoms with van der Waals surface area (Å²) in [6.07, 6.45) is 2.58. The monoisotopic (exact) mass is 448 g/mol. The molecule has 2 aromatic rings. The van der Waals surface area contributed by atoms with Crippen LogP contribution in [-0.2, 0) is 13.0 Å². The Morgan fingerprint density at radius 1 is 1.13 bits per heavy atom. The molecule has 0 bridgehead atoms. The molecule has 23 heavy (non-hydrogen) atoms. The van der Waals surface area contributed by atoms with Crippen LogP contribution in [0.5, 0.6) is 0 Å². The van der Waals surface area contributed by atoms with Gasteiger partial charge in [0, 0.05) is 26.3 Å². The van der Waals surface area contributed by atoms with Crippen LogP contribution in [0.15, 0.2) is 47.6 Å². The summed E-state index contributed by atoms with van der Waals surface area (Å²) in [5, 5.41) is 6.89. The average molecular weight is 449 g/mol. The van der Waals surface area contributed by atoms with E-state index in [2.05, 4.69) is 20.6 Å². The molecule has 2 N–H and O–H groups in total. The minimum absolute atomic E-state index is 0. The largest absolute Gasteiger partial charge is 0.356 e. The predicted molar refractivity (Wildman–Crippen MR) is 103 cm³/mol. The van der Waals surface area contributed by atoms with Gasteiger partial charge in [0.2, 0.25) is 0 Å². The van der Waals surface area contributed by atoms with Crippen molar-refractivity contribution in [3.63, 3.8) is 0 Å². The van der Waals surface area contributed by atoms with Crippen molar-refractivity contribution in [3.8, 4) is 0 Å². The molecule has 1 aromatic heterocycles. The summed E-state index contributed by atoms with van der Waals surface area (Å²) >= 11 is 5.75. The topological polar surface area (TPSA) is 49.3 Å². The third-order valence-corrected chi connectivity index (χ3v) is 3.32. The first kappa shape index (κ1) is 19.6. The predicted octanol–water partition coefficient (Wildman–Crippen LogP) is 3.40. The van der Waals surface area contributed by atoms with Gasteiger partial charge in [0.05, 0.1) is 0 Å². The Bertz CT molecular complexity index is 617. The standard InChI is InChI=1S/C16H18ClFN4.HI/c1-19-16(22-11-12-2-5-14(18)6-3-12)20-9-8-13-4-7-15(17)21-10-13;/h2-7,10H,8-9,11H2,1H3,(H2,19,20,22);1H. The van der Waals surface area contributed by atoms with Gasteiger partial charge in [-0.1, -0.05) is 29.8 Å². The number of guanidine groups is 1. The van der Waals surface area contributed by atoms with Crippen molar-refractivity contribution >= 4 is 41.5 Å². The normalized spacial score (nSPS) is 10.8. The molecule has 0 fully saturated rings. The SMILES string of the molecule is CN=C(NCCc1ccc(Cl)nc1)NCc1ccc(F)cc1.I. The van der Waals surface area contributed by atoms with Crippen LogP contribution in [0.1, 0.15) is 11.1 Å². The van der Waals surface area contributed by atoms with E-state index in [1.165, 1.54) is 12.1 Å². The van der Waals surface area contributed by atoms with Crippen molar-refractivity contribution in [1.82, 2.24) is 15.6 Å². The van der Waals surface area contributed by atoms with Gasteiger partial charge < -0.3 is 10.6 Å². The van der Waals surface area contributed by atoms with Crippen LogP contribution in [0.25, 0.3) is 0 Å². The fourth-order valence-electron chi connectivity index (χ4n) is 1.89. The fraction of sp³-hybridized carbons (Fsp3) is 0.250. The van der Waals surface area contributed by atoms with Crippen molar-refractivity contribution in [2.24, 2.45) is 4.99 Å². The molecule has 0 amide bonds. The molecule has 7 heteroatoms. The molecule has 0 aliphatic heterocycles. The number of hydrogen-bond acceptors (Lipinski definition) is 2. The Labute approximate surface area is 157 Å². The summed E-state index contributed by atoms with van der Waals surface area (Å²) in [4.78, 5) is 8.19. The summed E-state index contributed by atoms with van der Waals surface area (Å²) in [7, 11) is 1.71. The van der Waals surface area contributed by atoms with Gasteiger partial charge in [-0.05, 0) is 35.7 Å². The molecule has 0 unspecified atom stereocenters. The van der Waals surface area contributed by atoms with Crippen LogP contribution < -0.4 is 10.6 Å². The average Bonchev–Trinajstić information content (AvgIpc) is 2.54. The van der Waals surface area contributed by atoms with E-state index in [4.69, 9.17) is 11.6 Å². The van der Waals surface area contributed by atoms with Crippen molar-refractivity contribution < 1.29 is 4.39 Å². The van der Waals surface area contributed by atoms with Gasteiger partial charge >= 0.3 is 0 Å². The van der Waals surface area contributed by atoms with Crippen molar-refractivity contribution in [1.29, 1.82) is 0 Å². The molecule has 0 spiro atoms. The first-order valence-corrected chi connectivity index (χ1v) is 7.34. The highest BCUT2D eigenvalue weighted by molar-refractivity contribution is 14.0. The molecule has 0 saturated heterocycles. The van der Waals surface area contributed by atoms with E-state index in [0.717, 1.165) is 24.1 Å². The summed E-state index contributed by atoms with van der Waals surface area (Å²) in [5.74, 6) is 0.467. The van der Waals surface area contributed by atoms with Crippen LogP contribution in [0.3, 0.4) is 0 Å². The molecule has 0 aliphatic carbocycles. The van der Waals surface area contributed by atoms with Crippen LogP contribution in [0.2, 0.25) is 5.15 Å². The Kier molecular flexibility index (Phi) is 8.86. The zero-order valence-corrected chi connectivity index (χ0v) is 15.8. The van der Waals surface area contributed by atoms with Crippen molar-refractivity contribution in [3.05, 3.63) is 64.7 Å². The zero-order chi connectivity index (χ0) is 15.8. The van der Waals surface area contributed by atoms with Gasteiger partial charge in [0.15, 0.2) is 5.96 Å². The van der Waals surface area contributed by atoms with E-state index < -0.39 is 0 Å². The van der Waals surface area contributed by atoms with Gasteiger partial charge in [0.25, 0.3) is 0 Å². The van der Waals surface area contributed by atoms with E-state index in [-0.39, 0.29) is 29.8 Å². The van der Waals surface area contributed by atoms with Crippen LogP contribution in [0, 0.1) is 5.82 Å². The number of hydrogen-bond donors (Lipinski definition) is 2. The third-order valence-electron chi connectivity index (χ3n) is 3.09. The smallest absolute Gasteiger partial charge is 0.191 e. The van der Waals surface area contributed by atoms with Gasteiger partial charge in [-0.25, -0.2) is 9.37 Å². The Morgan fingerprint density at radius 3 is 2.43 bits per heavy atom.